The number of hydrogen-bond donors (Lipinski definition) is 1. The number of nitrogens with one attached hydrogen (secondary N) is 1. The molecule has 10 rings (SSSR count). The van der Waals surface area contributed by atoms with E-state index in [1.165, 1.54) is 21.7 Å². The molecule has 1 aromatic heterocycles. The van der Waals surface area contributed by atoms with Gasteiger partial charge in [-0.25, -0.2) is 0 Å². The van der Waals surface area contributed by atoms with Crippen LogP contribution < -0.4 is 0 Å². The van der Waals surface area contributed by atoms with E-state index in [2.05, 4.69) is 140 Å². The highest BCUT2D eigenvalue weighted by Crippen LogP contribution is 2.45. The Morgan fingerprint density at radius 3 is 1.95 bits per heavy atom. The number of nitrogens with zero attached hydrogens (tertiary/aromatic N) is 1. The third-order valence-corrected chi connectivity index (χ3v) is 10.6. The minimum Gasteiger partial charge on any atom is -0.456 e. The van der Waals surface area contributed by atoms with E-state index in [4.69, 9.17) is 9.41 Å². The van der Waals surface area contributed by atoms with E-state index in [0.717, 1.165) is 77.2 Å². The molecule has 0 unspecified atom stereocenters. The summed E-state index contributed by atoms with van der Waals surface area (Å²) in [6, 6.07) is 65.2. The third-order valence-electron chi connectivity index (χ3n) is 10.6. The summed E-state index contributed by atoms with van der Waals surface area (Å²) in [6.07, 6.45) is 3.84. The molecule has 3 nitrogen and oxygen atoms in total. The van der Waals surface area contributed by atoms with Gasteiger partial charge < -0.3 is 9.83 Å². The lowest BCUT2D eigenvalue weighted by atomic mass is 9.85. The van der Waals surface area contributed by atoms with Crippen LogP contribution in [0.25, 0.3) is 82.2 Å². The Hall–Kier alpha value is -7.36. The molecule has 0 radical (unpaired) electrons. The molecule has 1 N–H and O–H groups in total. The van der Waals surface area contributed by atoms with Gasteiger partial charge >= 0.3 is 0 Å². The Morgan fingerprint density at radius 1 is 0.473 bits per heavy atom. The third kappa shape index (κ3) is 5.80. The van der Waals surface area contributed by atoms with E-state index in [1.54, 1.807) is 0 Å². The normalized spacial score (nSPS) is 12.1. The Balaban J connectivity index is 1.18. The van der Waals surface area contributed by atoms with Gasteiger partial charge in [0.05, 0.1) is 11.4 Å². The molecule has 0 aliphatic heterocycles. The molecule has 0 saturated heterocycles. The average molecular weight is 703 g/mol. The quantitative estimate of drug-likeness (QED) is 0.100. The number of aliphatic imine (C=N–C) groups is 1. The fourth-order valence-electron chi connectivity index (χ4n) is 7.98. The van der Waals surface area contributed by atoms with E-state index in [-0.39, 0.29) is 0 Å². The van der Waals surface area contributed by atoms with Gasteiger partial charge in [0.15, 0.2) is 0 Å². The highest BCUT2D eigenvalue weighted by atomic mass is 16.3. The van der Waals surface area contributed by atoms with E-state index in [0.29, 0.717) is 5.71 Å². The summed E-state index contributed by atoms with van der Waals surface area (Å²) in [7, 11) is 0. The van der Waals surface area contributed by atoms with Gasteiger partial charge in [0, 0.05) is 28.1 Å². The van der Waals surface area contributed by atoms with Crippen LogP contribution in [-0.4, -0.2) is 11.9 Å². The molecule has 0 atom stereocenters. The fourth-order valence-corrected chi connectivity index (χ4v) is 7.98. The van der Waals surface area contributed by atoms with E-state index in [1.807, 2.05) is 60.8 Å². The van der Waals surface area contributed by atoms with Crippen molar-refractivity contribution in [1.82, 2.24) is 0 Å². The zero-order valence-corrected chi connectivity index (χ0v) is 29.9. The summed E-state index contributed by atoms with van der Waals surface area (Å²) in [4.78, 5) is 5.23. The number of allylic oxidation sites excluding steroid dienone is 1. The second-order valence-electron chi connectivity index (χ2n) is 13.9. The largest absolute Gasteiger partial charge is 0.456 e. The van der Waals surface area contributed by atoms with Gasteiger partial charge in [0.2, 0.25) is 0 Å². The molecule has 0 aliphatic rings. The summed E-state index contributed by atoms with van der Waals surface area (Å²) in [6.45, 7) is 0. The van der Waals surface area contributed by atoms with Gasteiger partial charge in [-0.05, 0) is 90.5 Å². The van der Waals surface area contributed by atoms with Crippen LogP contribution in [0, 0.1) is 5.41 Å². The molecule has 9 aromatic carbocycles. The SMILES string of the molecule is N=C(/C=C(\N=Cc1ccccc1)c1c2ccccc2c(-c2ccccc2)c2c1ccc1ccccc12)c1cccc(-c2ccc3c(c2)oc2ccccc23)c1. The first kappa shape index (κ1) is 32.3. The van der Waals surface area contributed by atoms with E-state index < -0.39 is 0 Å². The van der Waals surface area contributed by atoms with Crippen LogP contribution in [0.15, 0.2) is 204 Å². The van der Waals surface area contributed by atoms with E-state index in [9.17, 15) is 5.41 Å². The summed E-state index contributed by atoms with van der Waals surface area (Å²) in [5, 5.41) is 18.7. The molecular weight excluding hydrogens is 669 g/mol. The first-order chi connectivity index (χ1) is 27.2. The second kappa shape index (κ2) is 13.6. The summed E-state index contributed by atoms with van der Waals surface area (Å²) in [5.41, 5.74) is 10.0. The van der Waals surface area contributed by atoms with Gasteiger partial charge in [-0.3, -0.25) is 4.99 Å². The maximum absolute atomic E-state index is 9.61. The molecule has 0 amide bonds. The van der Waals surface area contributed by atoms with Gasteiger partial charge in [-0.15, -0.1) is 0 Å². The zero-order chi connectivity index (χ0) is 36.7. The number of furan rings is 1. The van der Waals surface area contributed by atoms with Crippen molar-refractivity contribution in [3.63, 3.8) is 0 Å². The lowest BCUT2D eigenvalue weighted by molar-refractivity contribution is 0.669. The van der Waals surface area contributed by atoms with Gasteiger partial charge in [0.25, 0.3) is 0 Å². The maximum Gasteiger partial charge on any atom is 0.136 e. The molecule has 0 spiro atoms. The van der Waals surface area contributed by atoms with Crippen molar-refractivity contribution < 1.29 is 4.42 Å². The number of para-hydroxylation sites is 1. The Bertz CT molecular complexity index is 3150. The highest BCUT2D eigenvalue weighted by molar-refractivity contribution is 6.27. The van der Waals surface area contributed by atoms with Crippen molar-refractivity contribution >= 4 is 71.9 Å². The first-order valence-electron chi connectivity index (χ1n) is 18.5. The number of rotatable bonds is 7. The molecule has 1 heterocycles. The molecule has 3 heteroatoms. The smallest absolute Gasteiger partial charge is 0.136 e. The predicted molar refractivity (Wildman–Crippen MR) is 232 cm³/mol. The van der Waals surface area contributed by atoms with Crippen LogP contribution in [0.4, 0.5) is 0 Å². The summed E-state index contributed by atoms with van der Waals surface area (Å²) < 4.78 is 6.22. The number of benzene rings is 9. The summed E-state index contributed by atoms with van der Waals surface area (Å²) >= 11 is 0. The lowest BCUT2D eigenvalue weighted by Gasteiger charge is -2.19. The van der Waals surface area contributed by atoms with Crippen LogP contribution in [-0.2, 0) is 0 Å². The molecule has 0 bridgehead atoms. The van der Waals surface area contributed by atoms with Crippen molar-refractivity contribution in [2.45, 2.75) is 0 Å². The molecule has 55 heavy (non-hydrogen) atoms. The Labute approximate surface area is 318 Å². The van der Waals surface area contributed by atoms with Crippen LogP contribution >= 0.6 is 0 Å². The van der Waals surface area contributed by atoms with Crippen molar-refractivity contribution in [2.24, 2.45) is 4.99 Å². The van der Waals surface area contributed by atoms with Crippen molar-refractivity contribution in [3.05, 3.63) is 211 Å². The van der Waals surface area contributed by atoms with Gasteiger partial charge in [-0.2, -0.15) is 0 Å². The molecule has 258 valence electrons. The molecule has 10 aromatic rings. The second-order valence-corrected chi connectivity index (χ2v) is 13.9. The van der Waals surface area contributed by atoms with Crippen LogP contribution in [0.5, 0.6) is 0 Å². The highest BCUT2D eigenvalue weighted by Gasteiger charge is 2.20. The molecular formula is C52H34N2O. The van der Waals surface area contributed by atoms with Gasteiger partial charge in [-0.1, -0.05) is 164 Å². The molecule has 0 fully saturated rings. The first-order valence-corrected chi connectivity index (χ1v) is 18.5. The lowest BCUT2D eigenvalue weighted by Crippen LogP contribution is -1.99. The Kier molecular flexibility index (Phi) is 7.96. The molecule has 0 saturated carbocycles. The van der Waals surface area contributed by atoms with Crippen LogP contribution in [0.2, 0.25) is 0 Å². The Morgan fingerprint density at radius 2 is 1.11 bits per heavy atom. The predicted octanol–water partition coefficient (Wildman–Crippen LogP) is 13.9. The summed E-state index contributed by atoms with van der Waals surface area (Å²) in [5.74, 6) is 0. The monoisotopic (exact) mass is 702 g/mol. The van der Waals surface area contributed by atoms with E-state index >= 15 is 0 Å². The van der Waals surface area contributed by atoms with Crippen LogP contribution in [0.1, 0.15) is 16.7 Å². The standard InChI is InChI=1S/C52H34N2O/c53-46(39-20-13-19-37(30-39)38-27-28-42-41-22-11-12-25-48(41)55-49(42)31-38)32-47(54-33-34-14-3-1-4-15-34)51-44-24-10-9-23-43(44)50(36-17-5-2-6-18-36)52-40-21-8-7-16-35(40)26-29-45(51)52/h1-33,53H/b47-32-,53-46?,54-33?. The van der Waals surface area contributed by atoms with Crippen molar-refractivity contribution in [2.75, 3.05) is 0 Å². The molecule has 0 aliphatic carbocycles. The number of hydrogen-bond acceptors (Lipinski definition) is 3. The number of fused-ring (bicyclic) bond motifs is 7. The average Bonchev–Trinajstić information content (AvgIpc) is 3.63. The van der Waals surface area contributed by atoms with Crippen molar-refractivity contribution in [1.29, 1.82) is 5.41 Å². The van der Waals surface area contributed by atoms with Gasteiger partial charge in [0.1, 0.15) is 11.2 Å². The van der Waals surface area contributed by atoms with Crippen molar-refractivity contribution in [3.8, 4) is 22.3 Å². The maximum atomic E-state index is 9.61. The fraction of sp³-hybridized carbons (Fsp3) is 0. The minimum absolute atomic E-state index is 0.372. The van der Waals surface area contributed by atoms with Crippen LogP contribution in [0.3, 0.4) is 0 Å². The topological polar surface area (TPSA) is 49.4 Å². The minimum atomic E-state index is 0.372. The zero-order valence-electron chi connectivity index (χ0n) is 29.9.